The number of amides is 5. The average Bonchev–Trinajstić information content (AvgIpc) is 2.60. The highest BCUT2D eigenvalue weighted by Crippen LogP contribution is 1.96. The highest BCUT2D eigenvalue weighted by molar-refractivity contribution is 5.93. The molecule has 0 aliphatic carbocycles. The first-order valence-corrected chi connectivity index (χ1v) is 8.01. The minimum Gasteiger partial charge on any atom is -0.480 e. The Morgan fingerprint density at radius 1 is 0.893 bits per heavy atom. The number of carbonyl (C=O) groups excluding carboxylic acids is 5. The standard InChI is InChI=1S/C14H24N6O8/c15-6(1-2-9(16)22)12(25)20-8(5-21)13(26)18-4-11(24)19-7(14(27)28)3-10(17)23/h6-8,21H,1-5,15H2,(H2,16,22)(H2,17,23)(H,18,26)(H,19,24)(H,20,25)(H,27,28). The lowest BCUT2D eigenvalue weighted by atomic mass is 10.1. The van der Waals surface area contributed by atoms with Crippen LogP contribution in [0, 0.1) is 0 Å². The molecule has 0 aliphatic heterocycles. The zero-order chi connectivity index (χ0) is 21.9. The van der Waals surface area contributed by atoms with Crippen LogP contribution in [0.1, 0.15) is 19.3 Å². The summed E-state index contributed by atoms with van der Waals surface area (Å²) >= 11 is 0. The number of hydrogen-bond acceptors (Lipinski definition) is 8. The number of carbonyl (C=O) groups is 6. The van der Waals surface area contributed by atoms with Gasteiger partial charge in [0.1, 0.15) is 12.1 Å². The van der Waals surface area contributed by atoms with Crippen molar-refractivity contribution in [2.75, 3.05) is 13.2 Å². The van der Waals surface area contributed by atoms with E-state index in [4.69, 9.17) is 22.3 Å². The second kappa shape index (κ2) is 12.2. The molecule has 0 bridgehead atoms. The molecule has 0 heterocycles. The molecule has 0 rings (SSSR count). The molecule has 11 N–H and O–H groups in total. The molecule has 0 aromatic carbocycles. The summed E-state index contributed by atoms with van der Waals surface area (Å²) in [6, 6.07) is -4.16. The average molecular weight is 404 g/mol. The maximum Gasteiger partial charge on any atom is 0.326 e. The fraction of sp³-hybridized carbons (Fsp3) is 0.571. The molecular weight excluding hydrogens is 380 g/mol. The number of carboxylic acid groups (broad SMARTS) is 1. The molecule has 0 radical (unpaired) electrons. The van der Waals surface area contributed by atoms with E-state index < -0.39 is 73.2 Å². The Morgan fingerprint density at radius 2 is 1.50 bits per heavy atom. The highest BCUT2D eigenvalue weighted by atomic mass is 16.4. The quantitative estimate of drug-likeness (QED) is 0.145. The maximum absolute atomic E-state index is 11.9. The highest BCUT2D eigenvalue weighted by Gasteiger charge is 2.25. The zero-order valence-electron chi connectivity index (χ0n) is 14.8. The predicted octanol–water partition coefficient (Wildman–Crippen LogP) is -5.38. The molecule has 3 unspecified atom stereocenters. The summed E-state index contributed by atoms with van der Waals surface area (Å²) < 4.78 is 0. The van der Waals surface area contributed by atoms with Crippen molar-refractivity contribution in [3.8, 4) is 0 Å². The third kappa shape index (κ3) is 10.0. The Hall–Kier alpha value is -3.26. The van der Waals surface area contributed by atoms with Crippen LogP contribution in [0.5, 0.6) is 0 Å². The SMILES string of the molecule is NC(=O)CCC(N)C(=O)NC(CO)C(=O)NCC(=O)NC(CC(N)=O)C(=O)O. The molecule has 3 atom stereocenters. The Morgan fingerprint density at radius 3 is 1.96 bits per heavy atom. The topological polar surface area (TPSA) is 257 Å². The van der Waals surface area contributed by atoms with Gasteiger partial charge in [-0.3, -0.25) is 24.0 Å². The molecule has 158 valence electrons. The summed E-state index contributed by atoms with van der Waals surface area (Å²) in [5.41, 5.74) is 15.3. The molecule has 5 amide bonds. The Kier molecular flexibility index (Phi) is 10.8. The van der Waals surface area contributed by atoms with E-state index in [0.717, 1.165) is 0 Å². The molecule has 0 fully saturated rings. The lowest BCUT2D eigenvalue weighted by molar-refractivity contribution is -0.143. The van der Waals surface area contributed by atoms with Gasteiger partial charge in [-0.25, -0.2) is 4.79 Å². The van der Waals surface area contributed by atoms with Crippen molar-refractivity contribution in [2.24, 2.45) is 17.2 Å². The van der Waals surface area contributed by atoms with Crippen LogP contribution < -0.4 is 33.2 Å². The van der Waals surface area contributed by atoms with Gasteiger partial charge in [0, 0.05) is 6.42 Å². The summed E-state index contributed by atoms with van der Waals surface area (Å²) in [6.07, 6.45) is -0.867. The van der Waals surface area contributed by atoms with Gasteiger partial charge < -0.3 is 43.4 Å². The molecule has 14 nitrogen and oxygen atoms in total. The van der Waals surface area contributed by atoms with Crippen LogP contribution in [-0.2, 0) is 28.8 Å². The molecule has 0 spiro atoms. The maximum atomic E-state index is 11.9. The van der Waals surface area contributed by atoms with Crippen LogP contribution in [0.2, 0.25) is 0 Å². The van der Waals surface area contributed by atoms with Crippen molar-refractivity contribution in [3.63, 3.8) is 0 Å². The molecule has 0 aromatic heterocycles. The van der Waals surface area contributed by atoms with E-state index in [0.29, 0.717) is 0 Å². The lowest BCUT2D eigenvalue weighted by Crippen LogP contribution is -2.55. The number of carboxylic acids is 1. The van der Waals surface area contributed by atoms with Crippen LogP contribution in [0.4, 0.5) is 0 Å². The monoisotopic (exact) mass is 404 g/mol. The van der Waals surface area contributed by atoms with E-state index in [-0.39, 0.29) is 12.8 Å². The zero-order valence-corrected chi connectivity index (χ0v) is 14.8. The van der Waals surface area contributed by atoms with E-state index >= 15 is 0 Å². The van der Waals surface area contributed by atoms with Gasteiger partial charge in [-0.1, -0.05) is 0 Å². The summed E-state index contributed by atoms with van der Waals surface area (Å²) in [7, 11) is 0. The molecule has 0 saturated heterocycles. The number of primary amides is 2. The van der Waals surface area contributed by atoms with Gasteiger partial charge in [-0.05, 0) is 6.42 Å². The van der Waals surface area contributed by atoms with Crippen LogP contribution in [0.15, 0.2) is 0 Å². The van der Waals surface area contributed by atoms with Gasteiger partial charge in [0.2, 0.25) is 29.5 Å². The normalized spacial score (nSPS) is 13.5. The Labute approximate surface area is 159 Å². The van der Waals surface area contributed by atoms with Crippen LogP contribution >= 0.6 is 0 Å². The fourth-order valence-corrected chi connectivity index (χ4v) is 1.84. The number of aliphatic hydroxyl groups is 1. The smallest absolute Gasteiger partial charge is 0.326 e. The Bertz CT molecular complexity index is 625. The summed E-state index contributed by atoms with van der Waals surface area (Å²) in [6.45, 7) is -1.51. The van der Waals surface area contributed by atoms with Crippen molar-refractivity contribution in [1.82, 2.24) is 16.0 Å². The minimum absolute atomic E-state index is 0.0697. The molecule has 0 aliphatic rings. The van der Waals surface area contributed by atoms with Crippen molar-refractivity contribution in [2.45, 2.75) is 37.4 Å². The fourth-order valence-electron chi connectivity index (χ4n) is 1.84. The molecule has 28 heavy (non-hydrogen) atoms. The second-order valence-corrected chi connectivity index (χ2v) is 5.70. The first kappa shape index (κ1) is 24.7. The largest absolute Gasteiger partial charge is 0.480 e. The first-order valence-electron chi connectivity index (χ1n) is 8.01. The van der Waals surface area contributed by atoms with E-state index in [2.05, 4.69) is 10.6 Å². The van der Waals surface area contributed by atoms with E-state index in [1.807, 2.05) is 5.32 Å². The third-order valence-corrected chi connectivity index (χ3v) is 3.32. The van der Waals surface area contributed by atoms with Gasteiger partial charge in [-0.15, -0.1) is 0 Å². The van der Waals surface area contributed by atoms with E-state index in [1.54, 1.807) is 0 Å². The van der Waals surface area contributed by atoms with Gasteiger partial charge in [0.15, 0.2) is 0 Å². The van der Waals surface area contributed by atoms with Gasteiger partial charge in [0.05, 0.1) is 25.6 Å². The first-order chi connectivity index (χ1) is 13.0. The minimum atomic E-state index is -1.57. The number of nitrogens with one attached hydrogen (secondary N) is 3. The predicted molar refractivity (Wildman–Crippen MR) is 91.8 cm³/mol. The molecule has 0 saturated carbocycles. The molecule has 0 aromatic rings. The second-order valence-electron chi connectivity index (χ2n) is 5.70. The third-order valence-electron chi connectivity index (χ3n) is 3.32. The molecule has 14 heteroatoms. The van der Waals surface area contributed by atoms with Crippen molar-refractivity contribution in [1.29, 1.82) is 0 Å². The Balaban J connectivity index is 4.58. The van der Waals surface area contributed by atoms with Crippen LogP contribution in [-0.4, -0.2) is 77.0 Å². The van der Waals surface area contributed by atoms with Crippen molar-refractivity contribution < 1.29 is 39.0 Å². The van der Waals surface area contributed by atoms with Crippen molar-refractivity contribution >= 4 is 35.5 Å². The number of aliphatic carboxylic acids is 1. The summed E-state index contributed by atoms with van der Waals surface area (Å²) in [5, 5.41) is 24.3. The number of nitrogens with two attached hydrogens (primary N) is 3. The van der Waals surface area contributed by atoms with Gasteiger partial charge in [0.25, 0.3) is 0 Å². The van der Waals surface area contributed by atoms with Crippen LogP contribution in [0.3, 0.4) is 0 Å². The lowest BCUT2D eigenvalue weighted by Gasteiger charge is -2.19. The van der Waals surface area contributed by atoms with E-state index in [9.17, 15) is 33.9 Å². The van der Waals surface area contributed by atoms with Crippen molar-refractivity contribution in [3.05, 3.63) is 0 Å². The van der Waals surface area contributed by atoms with Crippen LogP contribution in [0.25, 0.3) is 0 Å². The summed E-state index contributed by atoms with van der Waals surface area (Å²) in [4.78, 5) is 67.8. The van der Waals surface area contributed by atoms with Gasteiger partial charge in [-0.2, -0.15) is 0 Å². The van der Waals surface area contributed by atoms with Gasteiger partial charge >= 0.3 is 5.97 Å². The summed E-state index contributed by atoms with van der Waals surface area (Å²) in [5.74, 6) is -5.83. The number of aliphatic hydroxyl groups excluding tert-OH is 1. The number of rotatable bonds is 13. The van der Waals surface area contributed by atoms with E-state index in [1.165, 1.54) is 0 Å². The molecular formula is C14H24N6O8. The number of hydrogen-bond donors (Lipinski definition) is 8.